The number of fused-ring (bicyclic) bond motifs is 1. The predicted molar refractivity (Wildman–Crippen MR) is 125 cm³/mol. The van der Waals surface area contributed by atoms with Crippen molar-refractivity contribution in [3.63, 3.8) is 0 Å². The maximum Gasteiger partial charge on any atom is 0.358 e. The molecule has 2 aromatic carbocycles. The Bertz CT molecular complexity index is 1350. The second-order valence-corrected chi connectivity index (χ2v) is 9.90. The Kier molecular flexibility index (Phi) is 5.31. The lowest BCUT2D eigenvalue weighted by molar-refractivity contribution is 0.0682. The van der Waals surface area contributed by atoms with Gasteiger partial charge in [-0.2, -0.15) is 0 Å². The van der Waals surface area contributed by atoms with Gasteiger partial charge in [-0.25, -0.2) is 9.48 Å². The summed E-state index contributed by atoms with van der Waals surface area (Å²) < 4.78 is 7.25. The summed E-state index contributed by atoms with van der Waals surface area (Å²) in [5, 5.41) is 19.5. The van der Waals surface area contributed by atoms with Gasteiger partial charge in [0.25, 0.3) is 5.91 Å². The number of carbonyl (C=O) groups excluding carboxylic acids is 2. The van der Waals surface area contributed by atoms with Crippen molar-refractivity contribution in [3.05, 3.63) is 64.5 Å². The predicted octanol–water partition coefficient (Wildman–Crippen LogP) is 4.18. The molecule has 2 N–H and O–H groups in total. The average Bonchev–Trinajstić information content (AvgIpc) is 3.32. The second kappa shape index (κ2) is 7.79. The van der Waals surface area contributed by atoms with Crippen LogP contribution in [-0.2, 0) is 5.41 Å². The van der Waals surface area contributed by atoms with Crippen LogP contribution >= 0.6 is 0 Å². The minimum absolute atomic E-state index is 0.137. The van der Waals surface area contributed by atoms with Crippen LogP contribution in [0.4, 0.5) is 5.69 Å². The quantitative estimate of drug-likeness (QED) is 0.596. The topological polar surface area (TPSA) is 123 Å². The number of carboxylic acids is 1. The number of Topliss-reactive ketones (excluding diaryl/α,β-unsaturated/α-hetero) is 1. The molecule has 0 radical (unpaired) electrons. The van der Waals surface area contributed by atoms with Crippen molar-refractivity contribution in [3.8, 4) is 11.4 Å². The Labute approximate surface area is 196 Å². The molecule has 0 bridgehead atoms. The van der Waals surface area contributed by atoms with Gasteiger partial charge in [0, 0.05) is 5.56 Å². The molecular formula is C25H26N4O5. The maximum absolute atomic E-state index is 13.2. The number of aryl methyl sites for hydroxylation is 1. The molecule has 0 saturated heterocycles. The number of carboxylic acid groups (broad SMARTS) is 1. The number of aromatic nitrogens is 3. The van der Waals surface area contributed by atoms with Gasteiger partial charge in [-0.05, 0) is 61.6 Å². The maximum atomic E-state index is 13.2. The van der Waals surface area contributed by atoms with Crippen molar-refractivity contribution in [2.45, 2.75) is 52.6 Å². The lowest BCUT2D eigenvalue weighted by Crippen LogP contribution is -2.32. The molecule has 0 saturated carbocycles. The van der Waals surface area contributed by atoms with Crippen molar-refractivity contribution < 1.29 is 24.2 Å². The van der Waals surface area contributed by atoms with Crippen LogP contribution in [0.25, 0.3) is 5.69 Å². The van der Waals surface area contributed by atoms with Gasteiger partial charge in [0.2, 0.25) is 5.78 Å². The van der Waals surface area contributed by atoms with Crippen molar-refractivity contribution in [2.75, 3.05) is 5.32 Å². The van der Waals surface area contributed by atoms with Gasteiger partial charge in [-0.3, -0.25) is 9.59 Å². The number of ether oxygens (including phenoxy) is 1. The summed E-state index contributed by atoms with van der Waals surface area (Å²) >= 11 is 0. The van der Waals surface area contributed by atoms with E-state index in [0.29, 0.717) is 28.3 Å². The lowest BCUT2D eigenvalue weighted by Gasteiger charge is -2.22. The molecule has 2 heterocycles. The van der Waals surface area contributed by atoms with Crippen LogP contribution in [0.1, 0.15) is 77.0 Å². The van der Waals surface area contributed by atoms with E-state index in [2.05, 4.69) is 15.6 Å². The number of hydrogen-bond acceptors (Lipinski definition) is 6. The molecule has 0 fully saturated rings. The smallest absolute Gasteiger partial charge is 0.358 e. The third-order valence-electron chi connectivity index (χ3n) is 5.78. The Balaban J connectivity index is 1.72. The molecule has 9 nitrogen and oxygen atoms in total. The van der Waals surface area contributed by atoms with E-state index < -0.39 is 17.5 Å². The minimum Gasteiger partial charge on any atom is -0.477 e. The zero-order valence-corrected chi connectivity index (χ0v) is 19.9. The molecule has 1 amide bonds. The van der Waals surface area contributed by atoms with Gasteiger partial charge in [0.05, 0.1) is 23.1 Å². The number of anilines is 1. The van der Waals surface area contributed by atoms with E-state index in [1.807, 2.05) is 39.8 Å². The Morgan fingerprint density at radius 3 is 2.47 bits per heavy atom. The third-order valence-corrected chi connectivity index (χ3v) is 5.78. The monoisotopic (exact) mass is 462 g/mol. The van der Waals surface area contributed by atoms with Crippen LogP contribution in [0.15, 0.2) is 36.5 Å². The van der Waals surface area contributed by atoms with E-state index >= 15 is 0 Å². The number of hydrogen-bond donors (Lipinski definition) is 2. The molecule has 1 aromatic heterocycles. The fourth-order valence-corrected chi connectivity index (χ4v) is 3.73. The third kappa shape index (κ3) is 4.05. The Hall–Kier alpha value is -4.01. The standard InChI is InChI=1S/C25H26N4O5/c1-13-7-8-14(9-19(13)29-12-18(23(32)33)27-28-29)22(31)26-17-11-15(24(2,3)4)10-16-20(17)34-25(5,6)21(16)30/h7-12H,1-6H3,(H,26,31)(H,32,33). The number of carbonyl (C=O) groups is 3. The van der Waals surface area contributed by atoms with Crippen LogP contribution in [0.2, 0.25) is 0 Å². The van der Waals surface area contributed by atoms with Crippen molar-refractivity contribution >= 4 is 23.3 Å². The lowest BCUT2D eigenvalue weighted by atomic mass is 9.84. The van der Waals surface area contributed by atoms with Gasteiger partial charge in [0.1, 0.15) is 0 Å². The normalized spacial score (nSPS) is 14.5. The first-order chi connectivity index (χ1) is 15.8. The largest absolute Gasteiger partial charge is 0.477 e. The van der Waals surface area contributed by atoms with E-state index in [1.165, 1.54) is 10.9 Å². The molecule has 3 aromatic rings. The van der Waals surface area contributed by atoms with Gasteiger partial charge in [-0.1, -0.05) is 32.1 Å². The highest BCUT2D eigenvalue weighted by Gasteiger charge is 2.42. The van der Waals surface area contributed by atoms with E-state index in [9.17, 15) is 14.4 Å². The average molecular weight is 463 g/mol. The van der Waals surface area contributed by atoms with Crippen LogP contribution in [0.5, 0.6) is 5.75 Å². The summed E-state index contributed by atoms with van der Waals surface area (Å²) in [4.78, 5) is 37.3. The first-order valence-electron chi connectivity index (χ1n) is 10.8. The first kappa shape index (κ1) is 23.2. The fourth-order valence-electron chi connectivity index (χ4n) is 3.73. The van der Waals surface area contributed by atoms with Gasteiger partial charge < -0.3 is 15.2 Å². The second-order valence-electron chi connectivity index (χ2n) is 9.90. The molecule has 1 aliphatic rings. The van der Waals surface area contributed by atoms with Gasteiger partial charge in [-0.15, -0.1) is 5.10 Å². The van der Waals surface area contributed by atoms with Crippen LogP contribution in [0.3, 0.4) is 0 Å². The van der Waals surface area contributed by atoms with E-state index in [0.717, 1.165) is 11.1 Å². The highest BCUT2D eigenvalue weighted by Crippen LogP contribution is 2.43. The first-order valence-corrected chi connectivity index (χ1v) is 10.8. The summed E-state index contributed by atoms with van der Waals surface area (Å²) in [7, 11) is 0. The number of ketones is 1. The zero-order chi connectivity index (χ0) is 25.0. The van der Waals surface area contributed by atoms with Crippen molar-refractivity contribution in [1.29, 1.82) is 0 Å². The van der Waals surface area contributed by atoms with Crippen LogP contribution < -0.4 is 10.1 Å². The number of benzene rings is 2. The van der Waals surface area contributed by atoms with Crippen molar-refractivity contribution in [1.82, 2.24) is 15.0 Å². The minimum atomic E-state index is -1.19. The van der Waals surface area contributed by atoms with Crippen molar-refractivity contribution in [2.24, 2.45) is 0 Å². The van der Waals surface area contributed by atoms with Gasteiger partial charge >= 0.3 is 5.97 Å². The Morgan fingerprint density at radius 2 is 1.85 bits per heavy atom. The molecule has 0 aliphatic carbocycles. The van der Waals surface area contributed by atoms with E-state index in [1.54, 1.807) is 32.0 Å². The van der Waals surface area contributed by atoms with Crippen LogP contribution in [0, 0.1) is 6.92 Å². The molecule has 176 valence electrons. The summed E-state index contributed by atoms with van der Waals surface area (Å²) in [5.41, 5.74) is 1.91. The Morgan fingerprint density at radius 1 is 1.15 bits per heavy atom. The molecular weight excluding hydrogens is 436 g/mol. The van der Waals surface area contributed by atoms with Crippen LogP contribution in [-0.4, -0.2) is 43.4 Å². The van der Waals surface area contributed by atoms with E-state index in [-0.39, 0.29) is 16.9 Å². The molecule has 1 aliphatic heterocycles. The SMILES string of the molecule is Cc1ccc(C(=O)Nc2cc(C(C)(C)C)cc3c2OC(C)(C)C3=O)cc1-n1cc(C(=O)O)nn1. The fraction of sp³-hybridized carbons (Fsp3) is 0.320. The number of rotatable bonds is 4. The molecule has 0 unspecified atom stereocenters. The molecule has 4 rings (SSSR count). The summed E-state index contributed by atoms with van der Waals surface area (Å²) in [6.07, 6.45) is 1.29. The number of nitrogens with one attached hydrogen (secondary N) is 1. The molecule has 34 heavy (non-hydrogen) atoms. The zero-order valence-electron chi connectivity index (χ0n) is 19.9. The number of amides is 1. The number of aromatic carboxylic acids is 1. The van der Waals surface area contributed by atoms with Gasteiger partial charge in [0.15, 0.2) is 17.0 Å². The van der Waals surface area contributed by atoms with E-state index in [4.69, 9.17) is 9.84 Å². The molecule has 0 spiro atoms. The molecule has 9 heteroatoms. The summed E-state index contributed by atoms with van der Waals surface area (Å²) in [6, 6.07) is 8.67. The molecule has 0 atom stereocenters. The number of nitrogens with zero attached hydrogens (tertiary/aromatic N) is 3. The highest BCUT2D eigenvalue weighted by molar-refractivity contribution is 6.11. The highest BCUT2D eigenvalue weighted by atomic mass is 16.5. The summed E-state index contributed by atoms with van der Waals surface area (Å²) in [5.74, 6) is -1.38. The summed E-state index contributed by atoms with van der Waals surface area (Å²) in [6.45, 7) is 11.3.